The maximum Gasteiger partial charge on any atom is 0.322 e. The van der Waals surface area contributed by atoms with Crippen LogP contribution in [-0.2, 0) is 21.0 Å². The van der Waals surface area contributed by atoms with Gasteiger partial charge in [-0.3, -0.25) is 0 Å². The third-order valence-corrected chi connectivity index (χ3v) is 6.86. The zero-order chi connectivity index (χ0) is 12.3. The van der Waals surface area contributed by atoms with Crippen LogP contribution in [0.3, 0.4) is 0 Å². The van der Waals surface area contributed by atoms with Crippen molar-refractivity contribution in [2.24, 2.45) is 5.92 Å². The first-order chi connectivity index (χ1) is 7.36. The van der Waals surface area contributed by atoms with Crippen LogP contribution in [0.1, 0.15) is 20.8 Å². The Hall–Kier alpha value is -0.180. The summed E-state index contributed by atoms with van der Waals surface area (Å²) < 4.78 is 34.9. The van der Waals surface area contributed by atoms with Crippen LogP contribution < -0.4 is 0 Å². The van der Waals surface area contributed by atoms with Gasteiger partial charge in [0.25, 0.3) is 0 Å². The molecule has 92 valence electrons. The predicted molar refractivity (Wildman–Crippen MR) is 63.7 cm³/mol. The summed E-state index contributed by atoms with van der Waals surface area (Å²) in [5.41, 5.74) is 0. The standard InChI is InChI=1S/C8H14N2O3S3/c1-4-16(12,13)8-10-9-7(14-8)15(11)5-6(2)3/h6H,4-5H2,1-3H3. The summed E-state index contributed by atoms with van der Waals surface area (Å²) in [6.07, 6.45) is 0. The van der Waals surface area contributed by atoms with Crippen LogP contribution >= 0.6 is 11.3 Å². The molecular formula is C8H14N2O3S3. The molecule has 0 amide bonds. The molecular weight excluding hydrogens is 268 g/mol. The smallest absolute Gasteiger partial charge is 0.322 e. The molecule has 0 aliphatic rings. The quantitative estimate of drug-likeness (QED) is 0.755. The van der Waals surface area contributed by atoms with Gasteiger partial charge >= 0.3 is 4.34 Å². The second-order valence-electron chi connectivity index (χ2n) is 3.64. The second-order valence-corrected chi connectivity index (χ2v) is 8.74. The lowest BCUT2D eigenvalue weighted by Gasteiger charge is -2.07. The van der Waals surface area contributed by atoms with Crippen LogP contribution in [0, 0.1) is 5.92 Å². The largest absolute Gasteiger partial charge is 0.610 e. The first-order valence-electron chi connectivity index (χ1n) is 4.81. The molecule has 0 aliphatic heterocycles. The molecule has 1 aromatic heterocycles. The van der Waals surface area contributed by atoms with Gasteiger partial charge in [0.1, 0.15) is 5.75 Å². The zero-order valence-electron chi connectivity index (χ0n) is 9.34. The summed E-state index contributed by atoms with van der Waals surface area (Å²) in [5, 5.41) is 7.25. The van der Waals surface area contributed by atoms with Crippen molar-refractivity contribution in [1.29, 1.82) is 0 Å². The lowest BCUT2D eigenvalue weighted by molar-refractivity contribution is 0.578. The summed E-state index contributed by atoms with van der Waals surface area (Å²) >= 11 is -0.345. The van der Waals surface area contributed by atoms with Gasteiger partial charge in [-0.2, -0.15) is 0 Å². The number of rotatable bonds is 5. The van der Waals surface area contributed by atoms with E-state index in [1.807, 2.05) is 13.8 Å². The fourth-order valence-corrected chi connectivity index (χ4v) is 4.59. The SMILES string of the molecule is CCS(=O)(=O)c1nnc([S+]([O-])CC(C)C)s1. The van der Waals surface area contributed by atoms with E-state index in [1.165, 1.54) is 0 Å². The van der Waals surface area contributed by atoms with Gasteiger partial charge in [-0.25, -0.2) is 8.42 Å². The van der Waals surface area contributed by atoms with E-state index in [9.17, 15) is 13.0 Å². The molecule has 0 fully saturated rings. The minimum Gasteiger partial charge on any atom is -0.610 e. The Kier molecular flexibility index (Phi) is 4.72. The van der Waals surface area contributed by atoms with E-state index in [0.29, 0.717) is 10.1 Å². The lowest BCUT2D eigenvalue weighted by Crippen LogP contribution is -2.11. The number of sulfone groups is 1. The third kappa shape index (κ3) is 3.41. The third-order valence-electron chi connectivity index (χ3n) is 1.71. The Morgan fingerprint density at radius 2 is 2.06 bits per heavy atom. The molecule has 1 heterocycles. The number of hydrogen-bond donors (Lipinski definition) is 0. The molecule has 0 spiro atoms. The van der Waals surface area contributed by atoms with Crippen molar-refractivity contribution in [2.75, 3.05) is 11.5 Å². The van der Waals surface area contributed by atoms with Gasteiger partial charge < -0.3 is 4.55 Å². The fourth-order valence-electron chi connectivity index (χ4n) is 0.912. The van der Waals surface area contributed by atoms with Gasteiger partial charge in [-0.05, 0) is 17.3 Å². The molecule has 1 aromatic rings. The summed E-state index contributed by atoms with van der Waals surface area (Å²) in [6.45, 7) is 5.44. The van der Waals surface area contributed by atoms with Gasteiger partial charge in [0.15, 0.2) is 0 Å². The fraction of sp³-hybridized carbons (Fsp3) is 0.750. The maximum atomic E-state index is 11.7. The Labute approximate surface area is 102 Å². The topological polar surface area (TPSA) is 83.0 Å². The van der Waals surface area contributed by atoms with Gasteiger partial charge in [0.05, 0.1) is 5.75 Å². The van der Waals surface area contributed by atoms with Crippen molar-refractivity contribution in [3.05, 3.63) is 0 Å². The van der Waals surface area contributed by atoms with E-state index in [1.54, 1.807) is 6.92 Å². The molecule has 1 unspecified atom stereocenters. The second kappa shape index (κ2) is 5.44. The Bertz CT molecular complexity index is 441. The van der Waals surface area contributed by atoms with Crippen molar-refractivity contribution in [3.8, 4) is 0 Å². The molecule has 16 heavy (non-hydrogen) atoms. The first kappa shape index (κ1) is 13.9. The summed E-state index contributed by atoms with van der Waals surface area (Å²) in [4.78, 5) is 0. The van der Waals surface area contributed by atoms with Gasteiger partial charge in [0.2, 0.25) is 14.2 Å². The van der Waals surface area contributed by atoms with Crippen molar-refractivity contribution in [1.82, 2.24) is 10.2 Å². The Morgan fingerprint density at radius 1 is 1.44 bits per heavy atom. The molecule has 0 saturated carbocycles. The highest BCUT2D eigenvalue weighted by atomic mass is 32.3. The molecule has 0 aromatic carbocycles. The van der Waals surface area contributed by atoms with Crippen molar-refractivity contribution < 1.29 is 13.0 Å². The minimum atomic E-state index is -3.33. The molecule has 0 radical (unpaired) electrons. The lowest BCUT2D eigenvalue weighted by atomic mass is 10.3. The molecule has 8 heteroatoms. The van der Waals surface area contributed by atoms with Crippen molar-refractivity contribution in [3.63, 3.8) is 0 Å². The highest BCUT2D eigenvalue weighted by Gasteiger charge is 2.24. The van der Waals surface area contributed by atoms with Crippen LogP contribution in [0.5, 0.6) is 0 Å². The summed E-state index contributed by atoms with van der Waals surface area (Å²) in [7, 11) is -3.33. The molecule has 0 N–H and O–H groups in total. The average Bonchev–Trinajstić information content (AvgIpc) is 2.66. The van der Waals surface area contributed by atoms with Crippen LogP contribution in [0.2, 0.25) is 0 Å². The number of aromatic nitrogens is 2. The minimum absolute atomic E-state index is 0.0154. The van der Waals surface area contributed by atoms with E-state index >= 15 is 0 Å². The maximum absolute atomic E-state index is 11.7. The Balaban J connectivity index is 2.87. The van der Waals surface area contributed by atoms with E-state index < -0.39 is 21.0 Å². The Morgan fingerprint density at radius 3 is 2.56 bits per heavy atom. The van der Waals surface area contributed by atoms with Crippen LogP contribution in [0.4, 0.5) is 0 Å². The highest BCUT2D eigenvalue weighted by molar-refractivity contribution is 7.95. The predicted octanol–water partition coefficient (Wildman–Crippen LogP) is 1.10. The average molecular weight is 282 g/mol. The molecule has 0 saturated heterocycles. The molecule has 5 nitrogen and oxygen atoms in total. The first-order valence-corrected chi connectivity index (χ1v) is 8.60. The molecule has 1 rings (SSSR count). The highest BCUT2D eigenvalue weighted by Crippen LogP contribution is 2.22. The van der Waals surface area contributed by atoms with Crippen LogP contribution in [0.25, 0.3) is 0 Å². The van der Waals surface area contributed by atoms with E-state index in [4.69, 9.17) is 0 Å². The molecule has 0 bridgehead atoms. The molecule has 1 atom stereocenters. The monoisotopic (exact) mass is 282 g/mol. The molecule has 0 aliphatic carbocycles. The summed E-state index contributed by atoms with van der Waals surface area (Å²) in [6, 6.07) is 0. The van der Waals surface area contributed by atoms with Gasteiger partial charge in [-0.15, -0.1) is 5.10 Å². The van der Waals surface area contributed by atoms with E-state index in [0.717, 1.165) is 11.3 Å². The van der Waals surface area contributed by atoms with Crippen molar-refractivity contribution in [2.45, 2.75) is 29.5 Å². The van der Waals surface area contributed by atoms with E-state index in [-0.39, 0.29) is 16.0 Å². The van der Waals surface area contributed by atoms with Gasteiger partial charge in [0, 0.05) is 11.2 Å². The van der Waals surface area contributed by atoms with Crippen molar-refractivity contribution >= 4 is 32.3 Å². The normalized spacial score (nSPS) is 14.3. The van der Waals surface area contributed by atoms with Gasteiger partial charge in [-0.1, -0.05) is 25.9 Å². The van der Waals surface area contributed by atoms with E-state index in [2.05, 4.69) is 10.2 Å². The zero-order valence-corrected chi connectivity index (χ0v) is 11.8. The van der Waals surface area contributed by atoms with Crippen LogP contribution in [-0.4, -0.2) is 34.7 Å². The van der Waals surface area contributed by atoms with Crippen LogP contribution in [0.15, 0.2) is 8.68 Å². The number of nitrogens with zero attached hydrogens (tertiary/aromatic N) is 2. The summed E-state index contributed by atoms with van der Waals surface area (Å²) in [5.74, 6) is 0.732. The number of hydrogen-bond acceptors (Lipinski definition) is 6.